The molecule has 158 valence electrons. The van der Waals surface area contributed by atoms with Crippen LogP contribution in [0.2, 0.25) is 0 Å². The van der Waals surface area contributed by atoms with Crippen LogP contribution in [0, 0.1) is 11.7 Å². The number of carbonyl (C=O) groups excluding carboxylic acids is 1. The molecule has 1 aliphatic heterocycles. The molecule has 2 fully saturated rings. The van der Waals surface area contributed by atoms with E-state index in [9.17, 15) is 19.1 Å². The molecule has 0 spiro atoms. The number of rotatable bonds is 5. The number of aliphatic carboxylic acids is 1. The molecule has 30 heavy (non-hydrogen) atoms. The van der Waals surface area contributed by atoms with Crippen molar-refractivity contribution in [3.05, 3.63) is 30.3 Å². The van der Waals surface area contributed by atoms with E-state index in [0.717, 1.165) is 19.0 Å². The number of carbonyl (C=O) groups is 2. The van der Waals surface area contributed by atoms with Crippen molar-refractivity contribution in [1.82, 2.24) is 15.0 Å². The van der Waals surface area contributed by atoms with Gasteiger partial charge in [0.2, 0.25) is 5.95 Å². The lowest BCUT2D eigenvalue weighted by atomic mass is 9.86. The third-order valence-electron chi connectivity index (χ3n) is 5.38. The molecule has 0 aromatic carbocycles. The van der Waals surface area contributed by atoms with E-state index in [-0.39, 0.29) is 30.2 Å². The lowest BCUT2D eigenvalue weighted by molar-refractivity contribution is -0.142. The largest absolute Gasteiger partial charge is 0.481 e. The molecule has 2 aliphatic rings. The number of anilines is 2. The van der Waals surface area contributed by atoms with Crippen LogP contribution in [0.4, 0.5) is 16.2 Å². The summed E-state index contributed by atoms with van der Waals surface area (Å²) in [5.41, 5.74) is 0.553. The van der Waals surface area contributed by atoms with Crippen LogP contribution in [0.1, 0.15) is 25.7 Å². The molecule has 10 heteroatoms. The number of hydrogen-bond donors (Lipinski definition) is 2. The molecule has 0 radical (unpaired) electrons. The Labute approximate surface area is 172 Å². The summed E-state index contributed by atoms with van der Waals surface area (Å²) in [4.78, 5) is 37.4. The predicted octanol–water partition coefficient (Wildman–Crippen LogP) is 2.10. The zero-order chi connectivity index (χ0) is 21.1. The van der Waals surface area contributed by atoms with E-state index in [1.807, 2.05) is 0 Å². The van der Waals surface area contributed by atoms with Crippen molar-refractivity contribution in [1.29, 1.82) is 0 Å². The van der Waals surface area contributed by atoms with Crippen LogP contribution in [0.25, 0.3) is 11.3 Å². The molecule has 2 aromatic rings. The van der Waals surface area contributed by atoms with Gasteiger partial charge in [-0.15, -0.1) is 0 Å². The van der Waals surface area contributed by atoms with Crippen molar-refractivity contribution in [3.8, 4) is 11.3 Å². The Kier molecular flexibility index (Phi) is 5.84. The molecule has 9 nitrogen and oxygen atoms in total. The third kappa shape index (κ3) is 4.38. The van der Waals surface area contributed by atoms with Gasteiger partial charge in [-0.05, 0) is 31.4 Å². The molecule has 1 aliphatic carbocycles. The summed E-state index contributed by atoms with van der Waals surface area (Å²) in [6.45, 7) is 0.771. The number of carboxylic acids is 1. The predicted molar refractivity (Wildman–Crippen MR) is 105 cm³/mol. The summed E-state index contributed by atoms with van der Waals surface area (Å²) in [5.74, 6) is -1.36. The third-order valence-corrected chi connectivity index (χ3v) is 5.38. The van der Waals surface area contributed by atoms with Gasteiger partial charge in [0.05, 0.1) is 25.3 Å². The highest BCUT2D eigenvalue weighted by Crippen LogP contribution is 2.28. The lowest BCUT2D eigenvalue weighted by Crippen LogP contribution is -2.42. The minimum Gasteiger partial charge on any atom is -0.481 e. The van der Waals surface area contributed by atoms with E-state index >= 15 is 0 Å². The van der Waals surface area contributed by atoms with Crippen LogP contribution in [0.3, 0.4) is 0 Å². The molecule has 1 saturated carbocycles. The van der Waals surface area contributed by atoms with E-state index in [4.69, 9.17) is 4.74 Å². The Bertz CT molecular complexity index is 957. The monoisotopic (exact) mass is 415 g/mol. The second kappa shape index (κ2) is 8.70. The van der Waals surface area contributed by atoms with Gasteiger partial charge in [-0.2, -0.15) is 0 Å². The van der Waals surface area contributed by atoms with Crippen LogP contribution in [-0.4, -0.2) is 57.7 Å². The first kappa shape index (κ1) is 20.1. The van der Waals surface area contributed by atoms with Gasteiger partial charge in [0, 0.05) is 17.8 Å². The van der Waals surface area contributed by atoms with Crippen LogP contribution in [0.15, 0.2) is 24.5 Å². The van der Waals surface area contributed by atoms with Gasteiger partial charge >= 0.3 is 5.97 Å². The van der Waals surface area contributed by atoms with Crippen molar-refractivity contribution in [2.75, 3.05) is 30.0 Å². The fourth-order valence-corrected chi connectivity index (χ4v) is 3.84. The van der Waals surface area contributed by atoms with Crippen LogP contribution in [0.5, 0.6) is 0 Å². The van der Waals surface area contributed by atoms with Gasteiger partial charge in [-0.25, -0.2) is 19.3 Å². The maximum absolute atomic E-state index is 14.5. The standard InChI is InChI=1S/C20H22FN5O4/c21-15-10-23-20(24-14-3-1-2-13(8-14)19(28)29)25-18(15)12-4-5-22-16(9-12)26-6-7-30-11-17(26)27/h4-5,9-10,13-14H,1-3,6-8,11H2,(H,28,29)(H,23,24,25). The van der Waals surface area contributed by atoms with Crippen molar-refractivity contribution in [2.45, 2.75) is 31.7 Å². The number of nitrogens with one attached hydrogen (secondary N) is 1. The Morgan fingerprint density at radius 1 is 1.33 bits per heavy atom. The average molecular weight is 415 g/mol. The Hall–Kier alpha value is -3.14. The highest BCUT2D eigenvalue weighted by atomic mass is 19.1. The first-order valence-electron chi connectivity index (χ1n) is 9.87. The minimum absolute atomic E-state index is 0.0133. The SMILES string of the molecule is O=C(O)C1CCCC(Nc2ncc(F)c(-c3ccnc(N4CCOCC4=O)c3)n2)C1. The molecule has 2 aromatic heterocycles. The Morgan fingerprint density at radius 3 is 3.00 bits per heavy atom. The number of morpholine rings is 1. The number of halogens is 1. The highest BCUT2D eigenvalue weighted by Gasteiger charge is 2.27. The second-order valence-corrected chi connectivity index (χ2v) is 7.43. The molecule has 2 N–H and O–H groups in total. The first-order valence-corrected chi connectivity index (χ1v) is 9.87. The quantitative estimate of drug-likeness (QED) is 0.762. The van der Waals surface area contributed by atoms with Gasteiger partial charge in [0.1, 0.15) is 18.1 Å². The number of hydrogen-bond acceptors (Lipinski definition) is 7. The second-order valence-electron chi connectivity index (χ2n) is 7.43. The van der Waals surface area contributed by atoms with Gasteiger partial charge in [-0.3, -0.25) is 14.5 Å². The lowest BCUT2D eigenvalue weighted by Gasteiger charge is -2.27. The van der Waals surface area contributed by atoms with Crippen molar-refractivity contribution in [3.63, 3.8) is 0 Å². The summed E-state index contributed by atoms with van der Waals surface area (Å²) < 4.78 is 19.6. The molecule has 3 heterocycles. The van der Waals surface area contributed by atoms with Gasteiger partial charge in [-0.1, -0.05) is 6.42 Å². The number of carboxylic acid groups (broad SMARTS) is 1. The number of ether oxygens (including phenoxy) is 1. The van der Waals surface area contributed by atoms with Crippen LogP contribution < -0.4 is 10.2 Å². The summed E-state index contributed by atoms with van der Waals surface area (Å²) in [6, 6.07) is 3.14. The number of pyridine rings is 1. The smallest absolute Gasteiger partial charge is 0.306 e. The van der Waals surface area contributed by atoms with Crippen LogP contribution in [-0.2, 0) is 14.3 Å². The molecule has 2 atom stereocenters. The summed E-state index contributed by atoms with van der Waals surface area (Å²) in [6.07, 6.45) is 5.32. The maximum atomic E-state index is 14.5. The molecule has 2 unspecified atom stereocenters. The van der Waals surface area contributed by atoms with Crippen molar-refractivity contribution in [2.24, 2.45) is 5.92 Å². The molecule has 1 amide bonds. The normalized spacial score (nSPS) is 22.0. The number of aromatic nitrogens is 3. The average Bonchev–Trinajstić information content (AvgIpc) is 2.76. The van der Waals surface area contributed by atoms with E-state index in [1.165, 1.54) is 11.1 Å². The van der Waals surface area contributed by atoms with Gasteiger partial charge in [0.15, 0.2) is 5.82 Å². The zero-order valence-corrected chi connectivity index (χ0v) is 16.3. The van der Waals surface area contributed by atoms with E-state index in [2.05, 4.69) is 20.3 Å². The molecule has 4 rings (SSSR count). The molecular formula is C20H22FN5O4. The minimum atomic E-state index is -0.802. The zero-order valence-electron chi connectivity index (χ0n) is 16.3. The Morgan fingerprint density at radius 2 is 2.20 bits per heavy atom. The molecule has 0 bridgehead atoms. The van der Waals surface area contributed by atoms with E-state index in [1.54, 1.807) is 12.1 Å². The first-order chi connectivity index (χ1) is 14.5. The van der Waals surface area contributed by atoms with Crippen molar-refractivity contribution < 1.29 is 23.8 Å². The Balaban J connectivity index is 1.56. The summed E-state index contributed by atoms with van der Waals surface area (Å²) in [7, 11) is 0. The highest BCUT2D eigenvalue weighted by molar-refractivity contribution is 5.94. The maximum Gasteiger partial charge on any atom is 0.306 e. The van der Waals surface area contributed by atoms with Crippen molar-refractivity contribution >= 4 is 23.6 Å². The van der Waals surface area contributed by atoms with Gasteiger partial charge in [0.25, 0.3) is 5.91 Å². The van der Waals surface area contributed by atoms with Crippen LogP contribution >= 0.6 is 0 Å². The van der Waals surface area contributed by atoms with E-state index < -0.39 is 17.7 Å². The molecule has 1 saturated heterocycles. The number of nitrogens with zero attached hydrogens (tertiary/aromatic N) is 4. The summed E-state index contributed by atoms with van der Waals surface area (Å²) in [5, 5.41) is 12.4. The fraction of sp³-hybridized carbons (Fsp3) is 0.450. The summed E-state index contributed by atoms with van der Waals surface area (Å²) >= 11 is 0. The topological polar surface area (TPSA) is 118 Å². The van der Waals surface area contributed by atoms with E-state index in [0.29, 0.717) is 37.4 Å². The molecular weight excluding hydrogens is 393 g/mol. The number of amides is 1. The fourth-order valence-electron chi connectivity index (χ4n) is 3.84. The van der Waals surface area contributed by atoms with Gasteiger partial charge < -0.3 is 15.2 Å².